The lowest BCUT2D eigenvalue weighted by Gasteiger charge is -2.21. The minimum atomic E-state index is -3.33. The lowest BCUT2D eigenvalue weighted by Crippen LogP contribution is -2.34. The van der Waals surface area contributed by atoms with Crippen molar-refractivity contribution in [2.75, 3.05) is 23.8 Å². The highest BCUT2D eigenvalue weighted by atomic mass is 32.2. The molecule has 1 N–H and O–H groups in total. The minimum Gasteiger partial charge on any atom is -0.460 e. The van der Waals surface area contributed by atoms with E-state index < -0.39 is 16.0 Å². The highest BCUT2D eigenvalue weighted by Crippen LogP contribution is 2.34. The van der Waals surface area contributed by atoms with Crippen LogP contribution >= 0.6 is 0 Å². The quantitative estimate of drug-likeness (QED) is 0.821. The zero-order chi connectivity index (χ0) is 14.9. The Morgan fingerprint density at radius 3 is 2.80 bits per heavy atom. The number of rotatable bonds is 4. The van der Waals surface area contributed by atoms with Gasteiger partial charge in [-0.3, -0.25) is 4.31 Å². The van der Waals surface area contributed by atoms with Gasteiger partial charge in [0.1, 0.15) is 6.61 Å². The van der Waals surface area contributed by atoms with Crippen LogP contribution in [-0.4, -0.2) is 45.0 Å². The lowest BCUT2D eigenvalue weighted by molar-refractivity contribution is 0.0433. The second-order valence-corrected chi connectivity index (χ2v) is 6.67. The second-order valence-electron chi connectivity index (χ2n) is 4.81. The molecule has 110 valence electrons. The van der Waals surface area contributed by atoms with Crippen LogP contribution in [-0.2, 0) is 21.2 Å². The first-order chi connectivity index (χ1) is 9.34. The molecule has 0 spiro atoms. The van der Waals surface area contributed by atoms with E-state index in [0.29, 0.717) is 17.7 Å². The fourth-order valence-electron chi connectivity index (χ4n) is 2.46. The van der Waals surface area contributed by atoms with E-state index in [2.05, 4.69) is 0 Å². The summed E-state index contributed by atoms with van der Waals surface area (Å²) in [6.07, 6.45) is 1.73. The number of sulfonamides is 1. The Morgan fingerprint density at radius 1 is 1.50 bits per heavy atom. The van der Waals surface area contributed by atoms with Crippen LogP contribution in [0.2, 0.25) is 0 Å². The predicted molar refractivity (Wildman–Crippen MR) is 74.3 cm³/mol. The number of hydrogen-bond acceptors (Lipinski definition) is 5. The average molecular weight is 299 g/mol. The molecule has 0 saturated carbocycles. The van der Waals surface area contributed by atoms with E-state index in [1.807, 2.05) is 6.92 Å². The van der Waals surface area contributed by atoms with Crippen LogP contribution < -0.4 is 4.31 Å². The summed E-state index contributed by atoms with van der Waals surface area (Å²) in [6, 6.07) is 4.64. The van der Waals surface area contributed by atoms with E-state index in [9.17, 15) is 13.2 Å². The molecule has 1 heterocycles. The van der Waals surface area contributed by atoms with Crippen molar-refractivity contribution in [3.63, 3.8) is 0 Å². The summed E-state index contributed by atoms with van der Waals surface area (Å²) in [6.45, 7) is 1.54. The average Bonchev–Trinajstić information content (AvgIpc) is 2.70. The van der Waals surface area contributed by atoms with Crippen LogP contribution in [0.15, 0.2) is 18.2 Å². The normalized spacial score (nSPS) is 17.9. The number of aliphatic hydroxyl groups excluding tert-OH is 1. The first kappa shape index (κ1) is 14.8. The van der Waals surface area contributed by atoms with Crippen LogP contribution in [0.25, 0.3) is 0 Å². The molecule has 1 atom stereocenters. The number of carbonyl (C=O) groups is 1. The van der Waals surface area contributed by atoms with Crippen molar-refractivity contribution in [2.24, 2.45) is 0 Å². The van der Waals surface area contributed by atoms with Crippen molar-refractivity contribution in [2.45, 2.75) is 19.4 Å². The van der Waals surface area contributed by atoms with Crippen molar-refractivity contribution in [1.82, 2.24) is 0 Å². The van der Waals surface area contributed by atoms with Crippen LogP contribution in [0.5, 0.6) is 0 Å². The van der Waals surface area contributed by atoms with E-state index in [0.717, 1.165) is 5.56 Å². The molecule has 0 aromatic heterocycles. The Balaban J connectivity index is 2.31. The van der Waals surface area contributed by atoms with Crippen molar-refractivity contribution < 1.29 is 23.1 Å². The first-order valence-corrected chi connectivity index (χ1v) is 8.09. The Labute approximate surface area is 118 Å². The molecule has 2 rings (SSSR count). The maximum Gasteiger partial charge on any atom is 0.338 e. The van der Waals surface area contributed by atoms with Crippen molar-refractivity contribution in [3.8, 4) is 0 Å². The van der Waals surface area contributed by atoms with Gasteiger partial charge in [-0.2, -0.15) is 0 Å². The number of fused-ring (bicyclic) bond motifs is 1. The standard InChI is InChI=1S/C13H17NO5S/c1-9-7-11-8-10(13(16)19-6-5-15)3-4-12(11)14(9)20(2,17)18/h3-4,8-9,15H,5-7H2,1-2H3/t9-/m0/s1. The van der Waals surface area contributed by atoms with Gasteiger partial charge in [-0.25, -0.2) is 13.2 Å². The Morgan fingerprint density at radius 2 is 2.20 bits per heavy atom. The summed E-state index contributed by atoms with van der Waals surface area (Å²) in [5.74, 6) is -0.521. The smallest absolute Gasteiger partial charge is 0.338 e. The van der Waals surface area contributed by atoms with Crippen LogP contribution in [0, 0.1) is 0 Å². The number of carbonyl (C=O) groups excluding carboxylic acids is 1. The maximum atomic E-state index is 11.8. The van der Waals surface area contributed by atoms with Gasteiger partial charge in [0, 0.05) is 6.04 Å². The monoisotopic (exact) mass is 299 g/mol. The van der Waals surface area contributed by atoms with Gasteiger partial charge in [0.2, 0.25) is 10.0 Å². The second kappa shape index (κ2) is 5.41. The summed E-state index contributed by atoms with van der Waals surface area (Å²) in [7, 11) is -3.33. The third kappa shape index (κ3) is 2.78. The fourth-order valence-corrected chi connectivity index (χ4v) is 3.72. The van der Waals surface area contributed by atoms with Crippen LogP contribution in [0.4, 0.5) is 5.69 Å². The molecule has 1 aliphatic rings. The molecular formula is C13H17NO5S. The first-order valence-electron chi connectivity index (χ1n) is 6.25. The Hall–Kier alpha value is -1.60. The molecule has 0 amide bonds. The van der Waals surface area contributed by atoms with Crippen LogP contribution in [0.3, 0.4) is 0 Å². The van der Waals surface area contributed by atoms with Crippen molar-refractivity contribution >= 4 is 21.7 Å². The number of anilines is 1. The minimum absolute atomic E-state index is 0.0538. The number of aliphatic hydroxyl groups is 1. The molecule has 6 nitrogen and oxygen atoms in total. The van der Waals surface area contributed by atoms with Gasteiger partial charge in [0.05, 0.1) is 24.1 Å². The van der Waals surface area contributed by atoms with Gasteiger partial charge in [-0.1, -0.05) is 0 Å². The summed E-state index contributed by atoms with van der Waals surface area (Å²) >= 11 is 0. The van der Waals surface area contributed by atoms with Gasteiger partial charge in [0.25, 0.3) is 0 Å². The van der Waals surface area contributed by atoms with Gasteiger partial charge >= 0.3 is 5.97 Å². The summed E-state index contributed by atoms with van der Waals surface area (Å²) in [5, 5.41) is 8.63. The number of ether oxygens (including phenoxy) is 1. The van der Waals surface area contributed by atoms with E-state index in [4.69, 9.17) is 9.84 Å². The molecular weight excluding hydrogens is 282 g/mol. The maximum absolute atomic E-state index is 11.8. The van der Waals surface area contributed by atoms with E-state index >= 15 is 0 Å². The SMILES string of the molecule is C[C@H]1Cc2cc(C(=O)OCCO)ccc2N1S(C)(=O)=O. The highest BCUT2D eigenvalue weighted by Gasteiger charge is 2.32. The molecule has 1 aromatic rings. The topological polar surface area (TPSA) is 83.9 Å². The third-order valence-corrected chi connectivity index (χ3v) is 4.42. The van der Waals surface area contributed by atoms with Gasteiger partial charge < -0.3 is 9.84 Å². The number of esters is 1. The Kier molecular flexibility index (Phi) is 4.01. The molecule has 0 aliphatic carbocycles. The largest absolute Gasteiger partial charge is 0.460 e. The number of benzene rings is 1. The van der Waals surface area contributed by atoms with Gasteiger partial charge in [-0.05, 0) is 37.1 Å². The molecule has 1 aromatic carbocycles. The summed E-state index contributed by atoms with van der Waals surface area (Å²) < 4.78 is 29.8. The molecule has 0 unspecified atom stereocenters. The molecule has 0 radical (unpaired) electrons. The summed E-state index contributed by atoms with van der Waals surface area (Å²) in [5.41, 5.74) is 1.78. The van der Waals surface area contributed by atoms with E-state index in [-0.39, 0.29) is 19.3 Å². The van der Waals surface area contributed by atoms with E-state index in [1.165, 1.54) is 16.6 Å². The van der Waals surface area contributed by atoms with Crippen LogP contribution in [0.1, 0.15) is 22.8 Å². The van der Waals surface area contributed by atoms with Gasteiger partial charge in [-0.15, -0.1) is 0 Å². The molecule has 0 bridgehead atoms. The predicted octanol–water partition coefficient (Wildman–Crippen LogP) is 0.546. The number of nitrogens with zero attached hydrogens (tertiary/aromatic N) is 1. The molecule has 0 saturated heterocycles. The number of hydrogen-bond donors (Lipinski definition) is 1. The molecule has 0 fully saturated rings. The van der Waals surface area contributed by atoms with E-state index in [1.54, 1.807) is 12.1 Å². The summed E-state index contributed by atoms with van der Waals surface area (Å²) in [4.78, 5) is 11.7. The zero-order valence-corrected chi connectivity index (χ0v) is 12.2. The van der Waals surface area contributed by atoms with Crippen molar-refractivity contribution in [1.29, 1.82) is 0 Å². The zero-order valence-electron chi connectivity index (χ0n) is 11.4. The lowest BCUT2D eigenvalue weighted by atomic mass is 10.1. The molecule has 20 heavy (non-hydrogen) atoms. The van der Waals surface area contributed by atoms with Crippen molar-refractivity contribution in [3.05, 3.63) is 29.3 Å². The molecule has 7 heteroatoms. The highest BCUT2D eigenvalue weighted by molar-refractivity contribution is 7.92. The fraction of sp³-hybridized carbons (Fsp3) is 0.462. The molecule has 1 aliphatic heterocycles. The third-order valence-electron chi connectivity index (χ3n) is 3.15. The Bertz CT molecular complexity index is 626. The van der Waals surface area contributed by atoms with Gasteiger partial charge in [0.15, 0.2) is 0 Å².